The summed E-state index contributed by atoms with van der Waals surface area (Å²) in [6, 6.07) is 0. The van der Waals surface area contributed by atoms with Crippen molar-refractivity contribution < 1.29 is 25.2 Å². The molecular weight excluding hydrogens is 367 g/mol. The maximum atomic E-state index is 9.09. The zero-order valence-electron chi connectivity index (χ0n) is 12.8. The van der Waals surface area contributed by atoms with Gasteiger partial charge in [0.1, 0.15) is 18.3 Å². The zero-order valence-corrected chi connectivity index (χ0v) is 15.7. The second kappa shape index (κ2) is 12.2. The first-order chi connectivity index (χ1) is 9.45. The van der Waals surface area contributed by atoms with Gasteiger partial charge in [-0.2, -0.15) is 0 Å². The summed E-state index contributed by atoms with van der Waals surface area (Å²) in [6.45, 7) is 6.08. The average molecular weight is 397 g/mol. The molecule has 6 heteroatoms. The Morgan fingerprint density at radius 3 is 1.80 bits per heavy atom. The fourth-order valence-corrected chi connectivity index (χ4v) is 5.92. The molecule has 1 aliphatic rings. The molecule has 1 heterocycles. The van der Waals surface area contributed by atoms with E-state index in [0.717, 1.165) is 0 Å². The third kappa shape index (κ3) is 8.14. The molecular formula is C14H30O5Sn. The second-order valence-corrected chi connectivity index (χ2v) is 9.44. The third-order valence-electron chi connectivity index (χ3n) is 3.24. The van der Waals surface area contributed by atoms with Crippen LogP contribution < -0.4 is 0 Å². The number of aliphatic hydroxyl groups excluding tert-OH is 4. The van der Waals surface area contributed by atoms with E-state index in [-0.39, 0.29) is 21.1 Å². The minimum Gasteiger partial charge on any atom is -0.388 e. The molecule has 0 unspecified atom stereocenters. The van der Waals surface area contributed by atoms with Crippen molar-refractivity contribution in [2.45, 2.75) is 86.0 Å². The molecule has 5 nitrogen and oxygen atoms in total. The van der Waals surface area contributed by atoms with Crippen LogP contribution in [0.4, 0.5) is 0 Å². The number of rotatable bonds is 6. The van der Waals surface area contributed by atoms with Gasteiger partial charge in [-0.3, -0.25) is 0 Å². The first-order valence-electron chi connectivity index (χ1n) is 7.54. The van der Waals surface area contributed by atoms with Crippen molar-refractivity contribution in [3.63, 3.8) is 0 Å². The molecule has 0 aliphatic carbocycles. The molecule has 20 heavy (non-hydrogen) atoms. The first kappa shape index (κ1) is 20.6. The fraction of sp³-hybridized carbons (Fsp3) is 1.00. The van der Waals surface area contributed by atoms with E-state index in [2.05, 4.69) is 18.6 Å². The standard InChI is InChI=1S/C6H12O5.2C4H9.Sn/c1-2-3(7)4(8)5(9)6(10)11-2;2*1-3-4-2;/h2-10H,1H3;2*1,3-4H2,2H3;/t2-,3-,4+,5+,6-;;;/m0.../s1. The van der Waals surface area contributed by atoms with Gasteiger partial charge in [0.2, 0.25) is 0 Å². The molecule has 0 aromatic carbocycles. The van der Waals surface area contributed by atoms with Crippen LogP contribution in [0.25, 0.3) is 0 Å². The zero-order chi connectivity index (χ0) is 15.5. The van der Waals surface area contributed by atoms with Crippen molar-refractivity contribution in [2.75, 3.05) is 0 Å². The maximum Gasteiger partial charge on any atom is 0.183 e. The summed E-state index contributed by atoms with van der Waals surface area (Å²) in [5.41, 5.74) is 0. The molecule has 0 amide bonds. The van der Waals surface area contributed by atoms with Crippen molar-refractivity contribution in [3.8, 4) is 0 Å². The molecule has 5 atom stereocenters. The van der Waals surface area contributed by atoms with Crippen molar-refractivity contribution in [1.29, 1.82) is 0 Å². The minimum absolute atomic E-state index is 0.149. The number of hydrogen-bond acceptors (Lipinski definition) is 5. The summed E-state index contributed by atoms with van der Waals surface area (Å²) >= 11 is 0.149. The van der Waals surface area contributed by atoms with Gasteiger partial charge in [-0.1, -0.05) is 0 Å². The molecule has 0 bridgehead atoms. The molecule has 0 spiro atoms. The SMILES string of the molecule is CCC[CH2][Sn][CH2]CCC.C[C@@H]1O[C@H](O)[C@H](O)[C@H](O)[C@H]1O. The number of ether oxygens (including phenoxy) is 1. The Balaban J connectivity index is 0.000000370. The van der Waals surface area contributed by atoms with E-state index in [1.807, 2.05) is 0 Å². The van der Waals surface area contributed by atoms with Gasteiger partial charge in [-0.15, -0.1) is 0 Å². The Hall–Kier alpha value is 0.599. The fourth-order valence-electron chi connectivity index (χ4n) is 1.76. The molecule has 0 aromatic heterocycles. The monoisotopic (exact) mass is 398 g/mol. The summed E-state index contributed by atoms with van der Waals surface area (Å²) in [7, 11) is 0. The van der Waals surface area contributed by atoms with E-state index in [1.165, 1.54) is 32.6 Å². The van der Waals surface area contributed by atoms with Crippen LogP contribution in [0.3, 0.4) is 0 Å². The summed E-state index contributed by atoms with van der Waals surface area (Å²) in [4.78, 5) is 0. The van der Waals surface area contributed by atoms with E-state index < -0.39 is 30.7 Å². The predicted molar refractivity (Wildman–Crippen MR) is 79.8 cm³/mol. The Kier molecular flexibility index (Phi) is 12.5. The minimum atomic E-state index is -1.43. The average Bonchev–Trinajstić information content (AvgIpc) is 2.44. The largest absolute Gasteiger partial charge is 0.388 e. The summed E-state index contributed by atoms with van der Waals surface area (Å²) in [5, 5.41) is 36.0. The van der Waals surface area contributed by atoms with Crippen molar-refractivity contribution in [1.82, 2.24) is 0 Å². The van der Waals surface area contributed by atoms with E-state index in [0.29, 0.717) is 0 Å². The van der Waals surface area contributed by atoms with Crippen LogP contribution in [-0.4, -0.2) is 72.3 Å². The Morgan fingerprint density at radius 2 is 1.35 bits per heavy atom. The summed E-state index contributed by atoms with van der Waals surface area (Å²) in [6.07, 6.45) is -0.152. The molecule has 2 radical (unpaired) electrons. The van der Waals surface area contributed by atoms with Crippen molar-refractivity contribution in [2.24, 2.45) is 0 Å². The Labute approximate surface area is 132 Å². The van der Waals surface area contributed by atoms with Crippen LogP contribution in [0.5, 0.6) is 0 Å². The van der Waals surface area contributed by atoms with E-state index in [1.54, 1.807) is 8.87 Å². The van der Waals surface area contributed by atoms with Gasteiger partial charge in [0.25, 0.3) is 0 Å². The van der Waals surface area contributed by atoms with E-state index in [4.69, 9.17) is 20.4 Å². The first-order valence-corrected chi connectivity index (χ1v) is 11.6. The van der Waals surface area contributed by atoms with Gasteiger partial charge >= 0.3 is 69.5 Å². The van der Waals surface area contributed by atoms with Crippen LogP contribution in [-0.2, 0) is 4.74 Å². The van der Waals surface area contributed by atoms with Gasteiger partial charge in [-0.25, -0.2) is 0 Å². The van der Waals surface area contributed by atoms with E-state index >= 15 is 0 Å². The van der Waals surface area contributed by atoms with Gasteiger partial charge in [0.05, 0.1) is 6.10 Å². The molecule has 0 aromatic rings. The molecule has 1 aliphatic heterocycles. The summed E-state index contributed by atoms with van der Waals surface area (Å²) < 4.78 is 7.93. The maximum absolute atomic E-state index is 9.09. The van der Waals surface area contributed by atoms with Crippen LogP contribution in [0.15, 0.2) is 0 Å². The number of aliphatic hydroxyl groups is 4. The predicted octanol–water partition coefficient (Wildman–Crippen LogP) is 0.934. The third-order valence-corrected chi connectivity index (χ3v) is 7.28. The molecule has 1 fully saturated rings. The van der Waals surface area contributed by atoms with Gasteiger partial charge in [0, 0.05) is 0 Å². The van der Waals surface area contributed by atoms with E-state index in [9.17, 15) is 0 Å². The van der Waals surface area contributed by atoms with Crippen molar-refractivity contribution in [3.05, 3.63) is 0 Å². The molecule has 1 rings (SSSR count). The molecule has 4 N–H and O–H groups in total. The van der Waals surface area contributed by atoms with Gasteiger partial charge < -0.3 is 25.2 Å². The molecule has 0 saturated carbocycles. The molecule has 120 valence electrons. The second-order valence-electron chi connectivity index (χ2n) is 5.16. The topological polar surface area (TPSA) is 90.2 Å². The Bertz CT molecular complexity index is 210. The van der Waals surface area contributed by atoms with Crippen LogP contribution in [0.1, 0.15) is 46.5 Å². The Morgan fingerprint density at radius 1 is 0.850 bits per heavy atom. The van der Waals surface area contributed by atoms with Crippen LogP contribution in [0.2, 0.25) is 8.87 Å². The van der Waals surface area contributed by atoms with Gasteiger partial charge in [-0.05, 0) is 6.92 Å². The smallest absolute Gasteiger partial charge is 0.183 e. The number of hydrogen-bond donors (Lipinski definition) is 4. The normalized spacial score (nSPS) is 33.5. The molecule has 1 saturated heterocycles. The quantitative estimate of drug-likeness (QED) is 0.396. The van der Waals surface area contributed by atoms with Crippen LogP contribution >= 0.6 is 0 Å². The summed E-state index contributed by atoms with van der Waals surface area (Å²) in [5.74, 6) is 0. The van der Waals surface area contributed by atoms with Crippen LogP contribution in [0, 0.1) is 0 Å². The number of unbranched alkanes of at least 4 members (excludes halogenated alkanes) is 2. The van der Waals surface area contributed by atoms with Crippen molar-refractivity contribution >= 4 is 21.1 Å². The van der Waals surface area contributed by atoms with Gasteiger partial charge in [0.15, 0.2) is 6.29 Å².